The lowest BCUT2D eigenvalue weighted by Gasteiger charge is -2.03. The fraction of sp³-hybridized carbons (Fsp3) is 0.312. The van der Waals surface area contributed by atoms with Crippen molar-refractivity contribution in [2.75, 3.05) is 0 Å². The predicted molar refractivity (Wildman–Crippen MR) is 83.5 cm³/mol. The zero-order valence-corrected chi connectivity index (χ0v) is 12.7. The van der Waals surface area contributed by atoms with Crippen LogP contribution in [0.4, 0.5) is 0 Å². The molecule has 0 spiro atoms. The Bertz CT molecular complexity index is 795. The minimum atomic E-state index is 0.740. The SMILES string of the molecule is Cc1nc2nc(SCc3ccccc3)nn2c2c1CCC2. The van der Waals surface area contributed by atoms with Crippen molar-refractivity contribution in [1.29, 1.82) is 0 Å². The van der Waals surface area contributed by atoms with Gasteiger partial charge in [-0.25, -0.2) is 4.98 Å². The van der Waals surface area contributed by atoms with Gasteiger partial charge in [0.25, 0.3) is 5.78 Å². The third-order valence-electron chi connectivity index (χ3n) is 3.93. The van der Waals surface area contributed by atoms with E-state index in [1.165, 1.54) is 23.2 Å². The minimum Gasteiger partial charge on any atom is -0.216 e. The molecule has 1 aromatic carbocycles. The van der Waals surface area contributed by atoms with Gasteiger partial charge in [0, 0.05) is 11.4 Å². The summed E-state index contributed by atoms with van der Waals surface area (Å²) in [5, 5.41) is 5.46. The van der Waals surface area contributed by atoms with Gasteiger partial charge in [-0.15, -0.1) is 5.10 Å². The largest absolute Gasteiger partial charge is 0.253 e. The topological polar surface area (TPSA) is 43.1 Å². The molecule has 0 amide bonds. The molecule has 4 rings (SSSR count). The van der Waals surface area contributed by atoms with Crippen LogP contribution in [0.2, 0.25) is 0 Å². The first-order valence-electron chi connectivity index (χ1n) is 7.23. The van der Waals surface area contributed by atoms with E-state index < -0.39 is 0 Å². The smallest absolute Gasteiger partial charge is 0.216 e. The quantitative estimate of drug-likeness (QED) is 0.696. The van der Waals surface area contributed by atoms with E-state index in [0.29, 0.717) is 0 Å². The Morgan fingerprint density at radius 2 is 2.00 bits per heavy atom. The van der Waals surface area contributed by atoms with Crippen molar-refractivity contribution in [2.24, 2.45) is 0 Å². The van der Waals surface area contributed by atoms with Gasteiger partial charge >= 0.3 is 0 Å². The fourth-order valence-corrected chi connectivity index (χ4v) is 3.66. The van der Waals surface area contributed by atoms with Gasteiger partial charge in [-0.05, 0) is 37.3 Å². The number of hydrogen-bond acceptors (Lipinski definition) is 4. The molecule has 0 saturated heterocycles. The van der Waals surface area contributed by atoms with Crippen LogP contribution in [0.15, 0.2) is 35.5 Å². The van der Waals surface area contributed by atoms with Gasteiger partial charge in [-0.1, -0.05) is 42.1 Å². The van der Waals surface area contributed by atoms with Crippen LogP contribution in [-0.2, 0) is 18.6 Å². The Kier molecular flexibility index (Phi) is 3.15. The van der Waals surface area contributed by atoms with E-state index in [1.807, 2.05) is 10.6 Å². The first kappa shape index (κ1) is 12.8. The van der Waals surface area contributed by atoms with Crippen LogP contribution < -0.4 is 0 Å². The molecule has 4 nitrogen and oxygen atoms in total. The highest BCUT2D eigenvalue weighted by Crippen LogP contribution is 2.26. The normalized spacial score (nSPS) is 13.8. The number of aryl methyl sites for hydroxylation is 2. The summed E-state index contributed by atoms with van der Waals surface area (Å²) in [5.41, 5.74) is 5.07. The molecule has 0 saturated carbocycles. The van der Waals surface area contributed by atoms with Gasteiger partial charge in [0.15, 0.2) is 0 Å². The van der Waals surface area contributed by atoms with Crippen LogP contribution in [0.25, 0.3) is 5.78 Å². The summed E-state index contributed by atoms with van der Waals surface area (Å²) in [5.74, 6) is 1.63. The lowest BCUT2D eigenvalue weighted by atomic mass is 10.2. The summed E-state index contributed by atoms with van der Waals surface area (Å²) in [6, 6.07) is 10.4. The second kappa shape index (κ2) is 5.15. The molecule has 0 atom stereocenters. The third kappa shape index (κ3) is 2.31. The molecule has 0 N–H and O–H groups in total. The van der Waals surface area contributed by atoms with Crippen LogP contribution >= 0.6 is 11.8 Å². The molecule has 1 aliphatic rings. The highest BCUT2D eigenvalue weighted by molar-refractivity contribution is 7.98. The number of aromatic nitrogens is 4. The van der Waals surface area contributed by atoms with Crippen molar-refractivity contribution in [3.05, 3.63) is 52.8 Å². The third-order valence-corrected chi connectivity index (χ3v) is 4.84. The lowest BCUT2D eigenvalue weighted by Crippen LogP contribution is -2.03. The summed E-state index contributed by atoms with van der Waals surface area (Å²) >= 11 is 1.67. The van der Waals surface area contributed by atoms with E-state index in [-0.39, 0.29) is 0 Å². The Labute approximate surface area is 127 Å². The summed E-state index contributed by atoms with van der Waals surface area (Å²) in [6.45, 7) is 2.08. The highest BCUT2D eigenvalue weighted by Gasteiger charge is 2.20. The summed E-state index contributed by atoms with van der Waals surface area (Å²) in [4.78, 5) is 9.17. The molecular formula is C16H16N4S. The molecule has 3 aromatic rings. The van der Waals surface area contributed by atoms with Gasteiger partial charge in [0.1, 0.15) is 0 Å². The fourth-order valence-electron chi connectivity index (χ4n) is 2.89. The molecule has 1 aliphatic carbocycles. The van der Waals surface area contributed by atoms with E-state index in [9.17, 15) is 0 Å². The average Bonchev–Trinajstić information content (AvgIpc) is 3.12. The number of benzene rings is 1. The minimum absolute atomic E-state index is 0.740. The van der Waals surface area contributed by atoms with Crippen LogP contribution in [0.1, 0.15) is 28.9 Å². The van der Waals surface area contributed by atoms with Gasteiger partial charge in [0.2, 0.25) is 5.16 Å². The van der Waals surface area contributed by atoms with Crippen molar-refractivity contribution in [3.63, 3.8) is 0 Å². The number of hydrogen-bond donors (Lipinski definition) is 0. The molecule has 5 heteroatoms. The Morgan fingerprint density at radius 1 is 1.14 bits per heavy atom. The first-order valence-corrected chi connectivity index (χ1v) is 8.21. The van der Waals surface area contributed by atoms with E-state index in [2.05, 4.69) is 46.3 Å². The molecule has 0 aliphatic heterocycles. The maximum atomic E-state index is 4.65. The Hall–Kier alpha value is -1.88. The lowest BCUT2D eigenvalue weighted by molar-refractivity contribution is 0.807. The summed E-state index contributed by atoms with van der Waals surface area (Å²) in [6.07, 6.45) is 3.40. The van der Waals surface area contributed by atoms with E-state index in [1.54, 1.807) is 11.8 Å². The van der Waals surface area contributed by atoms with Crippen molar-refractivity contribution in [1.82, 2.24) is 19.6 Å². The summed E-state index contributed by atoms with van der Waals surface area (Å²) < 4.78 is 1.95. The molecule has 0 radical (unpaired) electrons. The van der Waals surface area contributed by atoms with Crippen LogP contribution in [0.5, 0.6) is 0 Å². The molecule has 21 heavy (non-hydrogen) atoms. The van der Waals surface area contributed by atoms with Crippen molar-refractivity contribution in [3.8, 4) is 0 Å². The second-order valence-electron chi connectivity index (χ2n) is 5.36. The summed E-state index contributed by atoms with van der Waals surface area (Å²) in [7, 11) is 0. The molecule has 0 fully saturated rings. The second-order valence-corrected chi connectivity index (χ2v) is 6.30. The standard InChI is InChI=1S/C16H16N4S/c1-11-13-8-5-9-14(13)20-15(17-11)18-16(19-20)21-10-12-6-3-2-4-7-12/h2-4,6-7H,5,8-10H2,1H3. The molecule has 0 bridgehead atoms. The van der Waals surface area contributed by atoms with E-state index in [0.717, 1.165) is 35.2 Å². The molecule has 2 heterocycles. The Balaban J connectivity index is 1.65. The number of fused-ring (bicyclic) bond motifs is 3. The number of nitrogens with zero attached hydrogens (tertiary/aromatic N) is 4. The van der Waals surface area contributed by atoms with Crippen LogP contribution in [0, 0.1) is 6.92 Å². The number of rotatable bonds is 3. The van der Waals surface area contributed by atoms with Crippen molar-refractivity contribution >= 4 is 17.5 Å². The number of thioether (sulfide) groups is 1. The zero-order chi connectivity index (χ0) is 14.2. The molecule has 0 unspecified atom stereocenters. The van der Waals surface area contributed by atoms with Gasteiger partial charge in [-0.3, -0.25) is 0 Å². The maximum Gasteiger partial charge on any atom is 0.253 e. The van der Waals surface area contributed by atoms with Gasteiger partial charge in [-0.2, -0.15) is 9.50 Å². The van der Waals surface area contributed by atoms with Gasteiger partial charge in [0.05, 0.1) is 5.69 Å². The van der Waals surface area contributed by atoms with Crippen molar-refractivity contribution in [2.45, 2.75) is 37.1 Å². The van der Waals surface area contributed by atoms with E-state index >= 15 is 0 Å². The first-order chi connectivity index (χ1) is 10.3. The maximum absolute atomic E-state index is 4.65. The zero-order valence-electron chi connectivity index (χ0n) is 11.9. The molecular weight excluding hydrogens is 280 g/mol. The van der Waals surface area contributed by atoms with Gasteiger partial charge < -0.3 is 0 Å². The van der Waals surface area contributed by atoms with Crippen LogP contribution in [0.3, 0.4) is 0 Å². The van der Waals surface area contributed by atoms with Crippen LogP contribution in [-0.4, -0.2) is 19.6 Å². The van der Waals surface area contributed by atoms with Crippen molar-refractivity contribution < 1.29 is 0 Å². The monoisotopic (exact) mass is 296 g/mol. The average molecular weight is 296 g/mol. The molecule has 106 valence electrons. The molecule has 2 aromatic heterocycles. The highest BCUT2D eigenvalue weighted by atomic mass is 32.2. The van der Waals surface area contributed by atoms with E-state index in [4.69, 9.17) is 0 Å². The predicted octanol–water partition coefficient (Wildman–Crippen LogP) is 3.21. The Morgan fingerprint density at radius 3 is 2.86 bits per heavy atom.